The van der Waals surface area contributed by atoms with E-state index in [0.29, 0.717) is 17.9 Å². The van der Waals surface area contributed by atoms with Crippen LogP contribution in [0.3, 0.4) is 0 Å². The summed E-state index contributed by atoms with van der Waals surface area (Å²) in [6, 6.07) is 10.1. The number of amides is 1. The van der Waals surface area contributed by atoms with Crippen molar-refractivity contribution in [3.63, 3.8) is 0 Å². The van der Waals surface area contributed by atoms with E-state index >= 15 is 0 Å². The largest absolute Gasteiger partial charge is 0.377 e. The zero-order valence-corrected chi connectivity index (χ0v) is 15.7. The van der Waals surface area contributed by atoms with Gasteiger partial charge in [0.2, 0.25) is 10.0 Å². The Labute approximate surface area is 157 Å². The van der Waals surface area contributed by atoms with Crippen LogP contribution in [-0.4, -0.2) is 33.6 Å². The van der Waals surface area contributed by atoms with Crippen molar-refractivity contribution in [3.05, 3.63) is 59.4 Å². The Morgan fingerprint density at radius 1 is 1.26 bits per heavy atom. The first-order chi connectivity index (χ1) is 12.8. The second-order valence-electron chi connectivity index (χ2n) is 6.43. The molecule has 1 amide bonds. The fourth-order valence-electron chi connectivity index (χ4n) is 2.77. The predicted octanol–water partition coefficient (Wildman–Crippen LogP) is 2.84. The van der Waals surface area contributed by atoms with E-state index < -0.39 is 21.7 Å². The number of carbonyl (C=O) groups excluding carboxylic acids is 1. The van der Waals surface area contributed by atoms with Crippen molar-refractivity contribution < 1.29 is 22.3 Å². The molecule has 1 aliphatic heterocycles. The molecule has 1 fully saturated rings. The molecule has 1 saturated heterocycles. The molecule has 0 aromatic heterocycles. The third-order valence-corrected chi connectivity index (χ3v) is 5.78. The van der Waals surface area contributed by atoms with Crippen LogP contribution in [-0.2, 0) is 14.8 Å². The zero-order chi connectivity index (χ0) is 19.4. The first-order valence-electron chi connectivity index (χ1n) is 8.64. The van der Waals surface area contributed by atoms with E-state index in [1.54, 1.807) is 19.1 Å². The molecule has 0 radical (unpaired) electrons. The Morgan fingerprint density at radius 3 is 2.78 bits per heavy atom. The van der Waals surface area contributed by atoms with Crippen LogP contribution in [0.5, 0.6) is 0 Å². The van der Waals surface area contributed by atoms with Gasteiger partial charge in [0.1, 0.15) is 5.82 Å². The SMILES string of the molecule is Cc1ccc(NC(=O)c2cccc(S(=O)(=O)NCC3CCCO3)c2)cc1F. The van der Waals surface area contributed by atoms with Gasteiger partial charge >= 0.3 is 0 Å². The average molecular weight is 392 g/mol. The Balaban J connectivity index is 1.71. The number of hydrogen-bond acceptors (Lipinski definition) is 4. The van der Waals surface area contributed by atoms with E-state index in [1.807, 2.05) is 0 Å². The molecule has 8 heteroatoms. The van der Waals surface area contributed by atoms with E-state index in [0.717, 1.165) is 12.8 Å². The van der Waals surface area contributed by atoms with Crippen LogP contribution in [0.1, 0.15) is 28.8 Å². The zero-order valence-electron chi connectivity index (χ0n) is 14.9. The second kappa shape index (κ2) is 8.16. The van der Waals surface area contributed by atoms with E-state index in [1.165, 1.54) is 30.3 Å². The van der Waals surface area contributed by atoms with Gasteiger partial charge in [0.25, 0.3) is 5.91 Å². The number of benzene rings is 2. The minimum Gasteiger partial charge on any atom is -0.377 e. The molecule has 144 valence electrons. The van der Waals surface area contributed by atoms with E-state index in [-0.39, 0.29) is 23.1 Å². The monoisotopic (exact) mass is 392 g/mol. The molecule has 1 heterocycles. The van der Waals surface area contributed by atoms with Crippen LogP contribution in [0.4, 0.5) is 10.1 Å². The number of hydrogen-bond donors (Lipinski definition) is 2. The van der Waals surface area contributed by atoms with Crippen molar-refractivity contribution in [2.75, 3.05) is 18.5 Å². The Morgan fingerprint density at radius 2 is 2.07 bits per heavy atom. The van der Waals surface area contributed by atoms with E-state index in [9.17, 15) is 17.6 Å². The fourth-order valence-corrected chi connectivity index (χ4v) is 3.88. The summed E-state index contributed by atoms with van der Waals surface area (Å²) in [7, 11) is -3.76. The van der Waals surface area contributed by atoms with Crippen molar-refractivity contribution in [2.24, 2.45) is 0 Å². The number of anilines is 1. The average Bonchev–Trinajstić information content (AvgIpc) is 3.17. The molecule has 2 N–H and O–H groups in total. The second-order valence-corrected chi connectivity index (χ2v) is 8.20. The highest BCUT2D eigenvalue weighted by Crippen LogP contribution is 2.17. The molecule has 0 aliphatic carbocycles. The minimum atomic E-state index is -3.76. The first-order valence-corrected chi connectivity index (χ1v) is 10.1. The lowest BCUT2D eigenvalue weighted by molar-refractivity contribution is 0.102. The molecule has 0 spiro atoms. The molecule has 6 nitrogen and oxygen atoms in total. The topological polar surface area (TPSA) is 84.5 Å². The molecular formula is C19H21FN2O4S. The van der Waals surface area contributed by atoms with Gasteiger partial charge in [-0.1, -0.05) is 12.1 Å². The Hall–Kier alpha value is -2.29. The molecule has 0 saturated carbocycles. The smallest absolute Gasteiger partial charge is 0.255 e. The van der Waals surface area contributed by atoms with Gasteiger partial charge in [-0.25, -0.2) is 17.5 Å². The summed E-state index contributed by atoms with van der Waals surface area (Å²) >= 11 is 0. The van der Waals surface area contributed by atoms with Gasteiger partial charge in [-0.15, -0.1) is 0 Å². The number of aryl methyl sites for hydroxylation is 1. The number of sulfonamides is 1. The molecule has 1 atom stereocenters. The van der Waals surface area contributed by atoms with Crippen molar-refractivity contribution in [1.29, 1.82) is 0 Å². The number of nitrogens with one attached hydrogen (secondary N) is 2. The standard InChI is InChI=1S/C19H21FN2O4S/c1-13-7-8-15(11-18(13)20)22-19(23)14-4-2-6-17(10-14)27(24,25)21-12-16-5-3-9-26-16/h2,4,6-8,10-11,16,21H,3,5,9,12H2,1H3,(H,22,23). The molecule has 1 unspecified atom stereocenters. The lowest BCUT2D eigenvalue weighted by Crippen LogP contribution is -2.32. The summed E-state index contributed by atoms with van der Waals surface area (Å²) in [5, 5.41) is 2.57. The van der Waals surface area contributed by atoms with Crippen LogP contribution >= 0.6 is 0 Å². The molecule has 3 rings (SSSR count). The van der Waals surface area contributed by atoms with Crippen LogP contribution < -0.4 is 10.0 Å². The molecule has 0 bridgehead atoms. The highest BCUT2D eigenvalue weighted by atomic mass is 32.2. The normalized spacial score (nSPS) is 17.0. The Bertz CT molecular complexity index is 940. The van der Waals surface area contributed by atoms with Crippen molar-refractivity contribution in [2.45, 2.75) is 30.8 Å². The van der Waals surface area contributed by atoms with Gasteiger partial charge in [0.15, 0.2) is 0 Å². The number of carbonyl (C=O) groups is 1. The molecule has 2 aromatic rings. The molecule has 1 aliphatic rings. The lowest BCUT2D eigenvalue weighted by Gasteiger charge is -2.12. The first kappa shape index (κ1) is 19.5. The Kier molecular flexibility index (Phi) is 5.88. The number of ether oxygens (including phenoxy) is 1. The summed E-state index contributed by atoms with van der Waals surface area (Å²) in [6.07, 6.45) is 1.61. The van der Waals surface area contributed by atoms with Gasteiger partial charge in [-0.3, -0.25) is 4.79 Å². The van der Waals surface area contributed by atoms with Gasteiger partial charge < -0.3 is 10.1 Å². The quantitative estimate of drug-likeness (QED) is 0.792. The lowest BCUT2D eigenvalue weighted by atomic mass is 10.2. The highest BCUT2D eigenvalue weighted by molar-refractivity contribution is 7.89. The fraction of sp³-hybridized carbons (Fsp3) is 0.316. The summed E-state index contributed by atoms with van der Waals surface area (Å²) in [6.45, 7) is 2.46. The third-order valence-electron chi connectivity index (χ3n) is 4.36. The predicted molar refractivity (Wildman–Crippen MR) is 99.7 cm³/mol. The molecular weight excluding hydrogens is 371 g/mol. The summed E-state index contributed by atoms with van der Waals surface area (Å²) in [4.78, 5) is 12.4. The van der Waals surface area contributed by atoms with Gasteiger partial charge in [-0.05, 0) is 55.7 Å². The summed E-state index contributed by atoms with van der Waals surface area (Å²) in [5.41, 5.74) is 0.933. The number of rotatable bonds is 6. The summed E-state index contributed by atoms with van der Waals surface area (Å²) < 4.78 is 46.5. The van der Waals surface area contributed by atoms with Gasteiger partial charge in [0, 0.05) is 24.4 Å². The van der Waals surface area contributed by atoms with Crippen LogP contribution in [0, 0.1) is 12.7 Å². The maximum atomic E-state index is 13.6. The minimum absolute atomic E-state index is 0.0109. The van der Waals surface area contributed by atoms with E-state index in [4.69, 9.17) is 4.74 Å². The van der Waals surface area contributed by atoms with E-state index in [2.05, 4.69) is 10.0 Å². The van der Waals surface area contributed by atoms with Crippen LogP contribution in [0.2, 0.25) is 0 Å². The van der Waals surface area contributed by atoms with Crippen molar-refractivity contribution in [1.82, 2.24) is 4.72 Å². The van der Waals surface area contributed by atoms with Crippen LogP contribution in [0.25, 0.3) is 0 Å². The van der Waals surface area contributed by atoms with Crippen LogP contribution in [0.15, 0.2) is 47.4 Å². The summed E-state index contributed by atoms with van der Waals surface area (Å²) in [5.74, 6) is -0.947. The highest BCUT2D eigenvalue weighted by Gasteiger charge is 2.21. The van der Waals surface area contributed by atoms with Gasteiger partial charge in [-0.2, -0.15) is 0 Å². The number of halogens is 1. The van der Waals surface area contributed by atoms with Crippen molar-refractivity contribution >= 4 is 21.6 Å². The maximum Gasteiger partial charge on any atom is 0.255 e. The van der Waals surface area contributed by atoms with Gasteiger partial charge in [0.05, 0.1) is 11.0 Å². The molecule has 2 aromatic carbocycles. The third kappa shape index (κ3) is 4.91. The maximum absolute atomic E-state index is 13.6. The molecule has 27 heavy (non-hydrogen) atoms. The van der Waals surface area contributed by atoms with Crippen molar-refractivity contribution in [3.8, 4) is 0 Å².